The molecule has 9 nitrogen and oxygen atoms in total. The highest BCUT2D eigenvalue weighted by Gasteiger charge is 2.13. The van der Waals surface area contributed by atoms with Gasteiger partial charge in [-0.15, -0.1) is 5.10 Å². The van der Waals surface area contributed by atoms with Gasteiger partial charge in [-0.1, -0.05) is 18.2 Å². The Hall–Kier alpha value is -4.14. The topological polar surface area (TPSA) is 99.5 Å². The third kappa shape index (κ3) is 3.37. The van der Waals surface area contributed by atoms with Crippen molar-refractivity contribution in [2.45, 2.75) is 0 Å². The number of fused-ring (bicyclic) bond motifs is 2. The number of nitrogens with one attached hydrogen (secondary N) is 1. The molecule has 9 heteroatoms. The van der Waals surface area contributed by atoms with Crippen LogP contribution in [0.25, 0.3) is 28.1 Å². The second-order valence-corrected chi connectivity index (χ2v) is 6.71. The lowest BCUT2D eigenvalue weighted by Crippen LogP contribution is -2.28. The third-order valence-electron chi connectivity index (χ3n) is 4.60. The van der Waals surface area contributed by atoms with Gasteiger partial charge in [0.1, 0.15) is 23.6 Å². The van der Waals surface area contributed by atoms with Crippen LogP contribution < -0.4 is 10.1 Å². The Balaban J connectivity index is 1.29. The standard InChI is InChI=1S/C21H18N6O3/c1-26-10-8-15(24-26)21(28)22-9-11-29-20-7-6-19-23-13-16(27(19)25-20)18-12-14-4-2-3-5-17(14)30-18/h2-8,10,12-13H,9,11H2,1H3,(H,22,28). The lowest BCUT2D eigenvalue weighted by atomic mass is 10.2. The molecule has 0 bridgehead atoms. The summed E-state index contributed by atoms with van der Waals surface area (Å²) in [5.74, 6) is 0.852. The summed E-state index contributed by atoms with van der Waals surface area (Å²) < 4.78 is 14.9. The van der Waals surface area contributed by atoms with Gasteiger partial charge in [0.25, 0.3) is 5.91 Å². The van der Waals surface area contributed by atoms with Gasteiger partial charge in [0.05, 0.1) is 12.7 Å². The van der Waals surface area contributed by atoms with E-state index in [0.29, 0.717) is 29.5 Å². The Labute approximate surface area is 170 Å². The van der Waals surface area contributed by atoms with Crippen LogP contribution in [-0.2, 0) is 7.05 Å². The number of carbonyl (C=O) groups is 1. The number of aromatic nitrogens is 5. The van der Waals surface area contributed by atoms with Crippen LogP contribution in [0.3, 0.4) is 0 Å². The van der Waals surface area contributed by atoms with Crippen LogP contribution in [0, 0.1) is 0 Å². The molecule has 0 aliphatic rings. The van der Waals surface area contributed by atoms with Crippen molar-refractivity contribution in [2.24, 2.45) is 7.05 Å². The number of carbonyl (C=O) groups excluding carboxylic acids is 1. The molecule has 1 N–H and O–H groups in total. The van der Waals surface area contributed by atoms with Crippen LogP contribution in [0.1, 0.15) is 10.5 Å². The molecule has 0 atom stereocenters. The summed E-state index contributed by atoms with van der Waals surface area (Å²) in [4.78, 5) is 16.4. The van der Waals surface area contributed by atoms with E-state index in [-0.39, 0.29) is 12.5 Å². The van der Waals surface area contributed by atoms with Crippen LogP contribution in [0.15, 0.2) is 65.3 Å². The molecular weight excluding hydrogens is 384 g/mol. The first-order valence-electron chi connectivity index (χ1n) is 9.42. The van der Waals surface area contributed by atoms with E-state index in [2.05, 4.69) is 20.5 Å². The molecule has 1 amide bonds. The number of ether oxygens (including phenoxy) is 1. The van der Waals surface area contributed by atoms with Gasteiger partial charge in [-0.3, -0.25) is 9.48 Å². The molecule has 0 radical (unpaired) electrons. The molecule has 0 aliphatic heterocycles. The maximum Gasteiger partial charge on any atom is 0.271 e. The van der Waals surface area contributed by atoms with E-state index < -0.39 is 0 Å². The second-order valence-electron chi connectivity index (χ2n) is 6.71. The van der Waals surface area contributed by atoms with Crippen LogP contribution in [-0.4, -0.2) is 43.4 Å². The van der Waals surface area contributed by atoms with Crippen LogP contribution in [0.2, 0.25) is 0 Å². The summed E-state index contributed by atoms with van der Waals surface area (Å²) in [5.41, 5.74) is 2.58. The molecule has 0 unspecified atom stereocenters. The number of benzene rings is 1. The fraction of sp³-hybridized carbons (Fsp3) is 0.143. The molecule has 5 rings (SSSR count). The first-order chi connectivity index (χ1) is 14.7. The van der Waals surface area contributed by atoms with Gasteiger partial charge in [0, 0.05) is 24.7 Å². The predicted molar refractivity (Wildman–Crippen MR) is 109 cm³/mol. The number of rotatable bonds is 6. The zero-order valence-corrected chi connectivity index (χ0v) is 16.1. The van der Waals surface area contributed by atoms with E-state index in [0.717, 1.165) is 16.7 Å². The molecule has 5 aromatic rings. The molecule has 0 aliphatic carbocycles. The minimum absolute atomic E-state index is 0.246. The Bertz CT molecular complexity index is 1320. The van der Waals surface area contributed by atoms with E-state index in [1.165, 1.54) is 0 Å². The number of hydrogen-bond acceptors (Lipinski definition) is 6. The van der Waals surface area contributed by atoms with E-state index in [1.54, 1.807) is 40.8 Å². The van der Waals surface area contributed by atoms with Crippen LogP contribution in [0.4, 0.5) is 0 Å². The Morgan fingerprint density at radius 2 is 2.07 bits per heavy atom. The monoisotopic (exact) mass is 402 g/mol. The summed E-state index contributed by atoms with van der Waals surface area (Å²) in [7, 11) is 1.76. The van der Waals surface area contributed by atoms with E-state index in [9.17, 15) is 4.79 Å². The molecule has 4 heterocycles. The highest BCUT2D eigenvalue weighted by molar-refractivity contribution is 5.92. The molecule has 30 heavy (non-hydrogen) atoms. The fourth-order valence-corrected chi connectivity index (χ4v) is 3.16. The van der Waals surface area contributed by atoms with Crippen molar-refractivity contribution < 1.29 is 13.9 Å². The quantitative estimate of drug-likeness (QED) is 0.439. The Morgan fingerprint density at radius 3 is 2.90 bits per heavy atom. The van der Waals surface area contributed by atoms with E-state index in [4.69, 9.17) is 9.15 Å². The van der Waals surface area contributed by atoms with Crippen molar-refractivity contribution in [2.75, 3.05) is 13.2 Å². The van der Waals surface area contributed by atoms with Crippen molar-refractivity contribution in [3.8, 4) is 17.3 Å². The number of furan rings is 1. The zero-order chi connectivity index (χ0) is 20.5. The lowest BCUT2D eigenvalue weighted by molar-refractivity contribution is 0.0940. The molecule has 0 fully saturated rings. The molecule has 150 valence electrons. The first-order valence-corrected chi connectivity index (χ1v) is 9.42. The van der Waals surface area contributed by atoms with Crippen LogP contribution in [0.5, 0.6) is 5.88 Å². The normalized spacial score (nSPS) is 11.2. The highest BCUT2D eigenvalue weighted by atomic mass is 16.5. The van der Waals surface area contributed by atoms with Gasteiger partial charge in [0.15, 0.2) is 11.4 Å². The van der Waals surface area contributed by atoms with Gasteiger partial charge in [-0.2, -0.15) is 5.10 Å². The van der Waals surface area contributed by atoms with E-state index >= 15 is 0 Å². The molecule has 0 spiro atoms. The van der Waals surface area contributed by atoms with E-state index in [1.807, 2.05) is 36.4 Å². The largest absolute Gasteiger partial charge is 0.475 e. The summed E-state index contributed by atoms with van der Waals surface area (Å²) in [6.07, 6.45) is 3.44. The van der Waals surface area contributed by atoms with Crippen LogP contribution >= 0.6 is 0 Å². The zero-order valence-electron chi connectivity index (χ0n) is 16.1. The number of hydrogen-bond donors (Lipinski definition) is 1. The molecule has 0 saturated heterocycles. The van der Waals surface area contributed by atoms with Gasteiger partial charge < -0.3 is 14.5 Å². The smallest absolute Gasteiger partial charge is 0.271 e. The van der Waals surface area contributed by atoms with Crippen molar-refractivity contribution in [1.82, 2.24) is 29.7 Å². The predicted octanol–water partition coefficient (Wildman–Crippen LogP) is 2.68. The summed E-state index contributed by atoms with van der Waals surface area (Å²) in [6, 6.07) is 15.0. The average molecular weight is 402 g/mol. The highest BCUT2D eigenvalue weighted by Crippen LogP contribution is 2.28. The molecule has 0 saturated carbocycles. The number of para-hydroxylation sites is 1. The van der Waals surface area contributed by atoms with Gasteiger partial charge in [-0.25, -0.2) is 9.50 Å². The van der Waals surface area contributed by atoms with Crippen molar-refractivity contribution in [3.05, 3.63) is 66.6 Å². The molecule has 1 aromatic carbocycles. The van der Waals surface area contributed by atoms with Gasteiger partial charge in [0.2, 0.25) is 5.88 Å². The van der Waals surface area contributed by atoms with Crippen molar-refractivity contribution in [1.29, 1.82) is 0 Å². The number of aryl methyl sites for hydroxylation is 1. The number of nitrogens with zero attached hydrogens (tertiary/aromatic N) is 5. The first kappa shape index (κ1) is 17.9. The molecular formula is C21H18N6O3. The maximum atomic E-state index is 12.0. The SMILES string of the molecule is Cn1ccc(C(=O)NCCOc2ccc3ncc(-c4cc5ccccc5o4)n3n2)n1. The third-order valence-corrected chi connectivity index (χ3v) is 4.60. The summed E-state index contributed by atoms with van der Waals surface area (Å²) in [5, 5.41) is 12.3. The second kappa shape index (κ2) is 7.36. The fourth-order valence-electron chi connectivity index (χ4n) is 3.16. The molecule has 4 aromatic heterocycles. The van der Waals surface area contributed by atoms with Crippen molar-refractivity contribution >= 4 is 22.5 Å². The summed E-state index contributed by atoms with van der Waals surface area (Å²) >= 11 is 0. The Kier molecular flexibility index (Phi) is 4.40. The average Bonchev–Trinajstić information content (AvgIpc) is 3.48. The Morgan fingerprint density at radius 1 is 1.17 bits per heavy atom. The van der Waals surface area contributed by atoms with Gasteiger partial charge >= 0.3 is 0 Å². The van der Waals surface area contributed by atoms with Gasteiger partial charge in [-0.05, 0) is 24.3 Å². The number of imidazole rings is 1. The summed E-state index contributed by atoms with van der Waals surface area (Å²) in [6.45, 7) is 0.598. The minimum atomic E-state index is -0.246. The minimum Gasteiger partial charge on any atom is -0.475 e. The number of amides is 1. The lowest BCUT2D eigenvalue weighted by Gasteiger charge is -2.07. The maximum absolute atomic E-state index is 12.0. The van der Waals surface area contributed by atoms with Crippen molar-refractivity contribution in [3.63, 3.8) is 0 Å².